The Hall–Kier alpha value is -0.900. The summed E-state index contributed by atoms with van der Waals surface area (Å²) in [6.45, 7) is 0.272. The number of halogens is 1. The summed E-state index contributed by atoms with van der Waals surface area (Å²) >= 11 is 5.85. The van der Waals surface area contributed by atoms with E-state index < -0.39 is 0 Å². The molecule has 13 heavy (non-hydrogen) atoms. The van der Waals surface area contributed by atoms with E-state index in [1.165, 1.54) is 7.11 Å². The molecule has 70 valence electrons. The predicted molar refractivity (Wildman–Crippen MR) is 48.6 cm³/mol. The minimum atomic E-state index is 0.272. The van der Waals surface area contributed by atoms with Crippen molar-refractivity contribution in [3.05, 3.63) is 34.3 Å². The van der Waals surface area contributed by atoms with Gasteiger partial charge in [0.15, 0.2) is 0 Å². The highest BCUT2D eigenvalue weighted by Crippen LogP contribution is 2.17. The zero-order valence-electron chi connectivity index (χ0n) is 7.12. The number of hydrogen-bond acceptors (Lipinski definition) is 3. The second kappa shape index (κ2) is 4.97. The molecule has 0 aromatic heterocycles. The fourth-order valence-electron chi connectivity index (χ4n) is 0.876. The van der Waals surface area contributed by atoms with Crippen LogP contribution in [-0.4, -0.2) is 13.4 Å². The lowest BCUT2D eigenvalue weighted by Gasteiger charge is -2.03. The van der Waals surface area contributed by atoms with E-state index in [1.54, 1.807) is 18.2 Å². The molecule has 0 atom stereocenters. The molecule has 0 saturated carbocycles. The van der Waals surface area contributed by atoms with Crippen molar-refractivity contribution in [2.24, 2.45) is 0 Å². The molecule has 0 aliphatic rings. The first-order valence-electron chi connectivity index (χ1n) is 3.67. The van der Waals surface area contributed by atoms with Gasteiger partial charge < -0.3 is 0 Å². The van der Waals surface area contributed by atoms with Gasteiger partial charge in [0.2, 0.25) is 0 Å². The molecule has 0 heterocycles. The molecule has 1 aromatic carbocycles. The molecule has 1 aromatic rings. The van der Waals surface area contributed by atoms with Gasteiger partial charge in [0.25, 0.3) is 0 Å². The van der Waals surface area contributed by atoms with E-state index >= 15 is 0 Å². The highest BCUT2D eigenvalue weighted by Gasteiger charge is 2.01. The second-order valence-electron chi connectivity index (χ2n) is 2.40. The zero-order chi connectivity index (χ0) is 9.68. The van der Waals surface area contributed by atoms with Crippen molar-refractivity contribution >= 4 is 17.9 Å². The SMILES string of the molecule is COOCc1ccc(C=O)cc1Cl. The topological polar surface area (TPSA) is 35.5 Å². The third kappa shape index (κ3) is 2.81. The quantitative estimate of drug-likeness (QED) is 0.425. The average Bonchev–Trinajstić information content (AvgIpc) is 2.16. The Bertz CT molecular complexity index is 299. The predicted octanol–water partition coefficient (Wildman–Crippen LogP) is 2.23. The third-order valence-corrected chi connectivity index (χ3v) is 1.90. The molecule has 0 amide bonds. The first kappa shape index (κ1) is 10.2. The number of aldehydes is 1. The van der Waals surface area contributed by atoms with Crippen LogP contribution < -0.4 is 0 Å². The molecular weight excluding hydrogens is 192 g/mol. The van der Waals surface area contributed by atoms with E-state index in [1.807, 2.05) is 0 Å². The van der Waals surface area contributed by atoms with Crippen LogP contribution in [0.25, 0.3) is 0 Å². The molecular formula is C9H9ClO3. The van der Waals surface area contributed by atoms with Crippen LogP contribution >= 0.6 is 11.6 Å². The molecule has 1 rings (SSSR count). The van der Waals surface area contributed by atoms with Crippen LogP contribution in [0.15, 0.2) is 18.2 Å². The van der Waals surface area contributed by atoms with Gasteiger partial charge in [-0.1, -0.05) is 23.7 Å². The van der Waals surface area contributed by atoms with Gasteiger partial charge in [-0.05, 0) is 11.6 Å². The third-order valence-electron chi connectivity index (χ3n) is 1.55. The standard InChI is InChI=1S/C9H9ClO3/c1-12-13-6-8-3-2-7(5-11)4-9(8)10/h2-5H,6H2,1H3. The fraction of sp³-hybridized carbons (Fsp3) is 0.222. The summed E-state index contributed by atoms with van der Waals surface area (Å²) in [4.78, 5) is 19.5. The van der Waals surface area contributed by atoms with Crippen LogP contribution in [0.1, 0.15) is 15.9 Å². The fourth-order valence-corrected chi connectivity index (χ4v) is 1.12. The van der Waals surface area contributed by atoms with Crippen LogP contribution in [-0.2, 0) is 16.4 Å². The lowest BCUT2D eigenvalue weighted by atomic mass is 10.1. The van der Waals surface area contributed by atoms with E-state index in [2.05, 4.69) is 4.89 Å². The van der Waals surface area contributed by atoms with Crippen molar-refractivity contribution in [3.63, 3.8) is 0 Å². The van der Waals surface area contributed by atoms with Gasteiger partial charge in [-0.15, -0.1) is 0 Å². The summed E-state index contributed by atoms with van der Waals surface area (Å²) in [5.41, 5.74) is 1.33. The maximum absolute atomic E-state index is 10.4. The number of carbonyl (C=O) groups is 1. The Morgan fingerprint density at radius 3 is 2.85 bits per heavy atom. The molecule has 4 heteroatoms. The molecule has 0 aliphatic heterocycles. The van der Waals surface area contributed by atoms with Crippen molar-refractivity contribution in [2.75, 3.05) is 7.11 Å². The number of rotatable bonds is 4. The van der Waals surface area contributed by atoms with E-state index in [-0.39, 0.29) is 6.61 Å². The summed E-state index contributed by atoms with van der Waals surface area (Å²) in [6, 6.07) is 4.99. The minimum absolute atomic E-state index is 0.272. The van der Waals surface area contributed by atoms with Crippen LogP contribution in [0.5, 0.6) is 0 Å². The smallest absolute Gasteiger partial charge is 0.150 e. The largest absolute Gasteiger partial charge is 0.298 e. The highest BCUT2D eigenvalue weighted by molar-refractivity contribution is 6.31. The lowest BCUT2D eigenvalue weighted by molar-refractivity contribution is -0.282. The Labute approximate surface area is 81.1 Å². The van der Waals surface area contributed by atoms with Crippen molar-refractivity contribution in [2.45, 2.75) is 6.61 Å². The van der Waals surface area contributed by atoms with Gasteiger partial charge in [-0.2, -0.15) is 0 Å². The Kier molecular flexibility index (Phi) is 3.89. The maximum Gasteiger partial charge on any atom is 0.150 e. The Balaban J connectivity index is 2.79. The molecule has 3 nitrogen and oxygen atoms in total. The normalized spacial score (nSPS) is 10.0. The van der Waals surface area contributed by atoms with Gasteiger partial charge in [0, 0.05) is 10.6 Å². The van der Waals surface area contributed by atoms with Gasteiger partial charge in [-0.3, -0.25) is 4.79 Å². The molecule has 0 N–H and O–H groups in total. The highest BCUT2D eigenvalue weighted by atomic mass is 35.5. The van der Waals surface area contributed by atoms with E-state index in [0.29, 0.717) is 10.6 Å². The maximum atomic E-state index is 10.4. The number of hydrogen-bond donors (Lipinski definition) is 0. The monoisotopic (exact) mass is 200 g/mol. The van der Waals surface area contributed by atoms with E-state index in [0.717, 1.165) is 11.8 Å². The second-order valence-corrected chi connectivity index (χ2v) is 2.80. The van der Waals surface area contributed by atoms with Crippen LogP contribution in [0.3, 0.4) is 0 Å². The first-order chi connectivity index (χ1) is 6.27. The summed E-state index contributed by atoms with van der Waals surface area (Å²) in [6.07, 6.45) is 0.743. The summed E-state index contributed by atoms with van der Waals surface area (Å²) in [5.74, 6) is 0. The Morgan fingerprint density at radius 1 is 1.54 bits per heavy atom. The molecule has 0 bridgehead atoms. The lowest BCUT2D eigenvalue weighted by Crippen LogP contribution is -1.93. The number of benzene rings is 1. The number of carbonyl (C=O) groups excluding carboxylic acids is 1. The first-order valence-corrected chi connectivity index (χ1v) is 4.05. The van der Waals surface area contributed by atoms with Gasteiger partial charge >= 0.3 is 0 Å². The van der Waals surface area contributed by atoms with Crippen molar-refractivity contribution in [1.29, 1.82) is 0 Å². The molecule has 0 radical (unpaired) electrons. The summed E-state index contributed by atoms with van der Waals surface area (Å²) in [7, 11) is 1.42. The van der Waals surface area contributed by atoms with Gasteiger partial charge in [0.05, 0.1) is 7.11 Å². The van der Waals surface area contributed by atoms with Crippen LogP contribution in [0, 0.1) is 0 Å². The van der Waals surface area contributed by atoms with Gasteiger partial charge in [-0.25, -0.2) is 9.78 Å². The minimum Gasteiger partial charge on any atom is -0.298 e. The summed E-state index contributed by atoms with van der Waals surface area (Å²) in [5, 5.41) is 0.502. The van der Waals surface area contributed by atoms with Crippen molar-refractivity contribution < 1.29 is 14.6 Å². The molecule has 0 aliphatic carbocycles. The van der Waals surface area contributed by atoms with E-state index in [4.69, 9.17) is 16.5 Å². The average molecular weight is 201 g/mol. The van der Waals surface area contributed by atoms with Crippen LogP contribution in [0.4, 0.5) is 0 Å². The molecule has 0 fully saturated rings. The molecule has 0 unspecified atom stereocenters. The van der Waals surface area contributed by atoms with Gasteiger partial charge in [0.1, 0.15) is 12.9 Å². The van der Waals surface area contributed by atoms with Crippen LogP contribution in [0.2, 0.25) is 5.02 Å². The van der Waals surface area contributed by atoms with Crippen molar-refractivity contribution in [1.82, 2.24) is 0 Å². The van der Waals surface area contributed by atoms with E-state index in [9.17, 15) is 4.79 Å². The van der Waals surface area contributed by atoms with Crippen molar-refractivity contribution in [3.8, 4) is 0 Å². The Morgan fingerprint density at radius 2 is 2.31 bits per heavy atom. The molecule has 0 saturated heterocycles. The molecule has 0 spiro atoms. The summed E-state index contributed by atoms with van der Waals surface area (Å²) < 4.78 is 0. The zero-order valence-corrected chi connectivity index (χ0v) is 7.88.